The Balaban J connectivity index is 2.80. The lowest BCUT2D eigenvalue weighted by Crippen LogP contribution is -2.25. The third-order valence-corrected chi connectivity index (χ3v) is 2.12. The van der Waals surface area contributed by atoms with Gasteiger partial charge in [0.15, 0.2) is 0 Å². The van der Waals surface area contributed by atoms with Gasteiger partial charge in [-0.2, -0.15) is 4.98 Å². The molecule has 17 heavy (non-hydrogen) atoms. The van der Waals surface area contributed by atoms with Crippen molar-refractivity contribution in [1.82, 2.24) is 4.98 Å². The average Bonchev–Trinajstić information content (AvgIpc) is 2.27. The van der Waals surface area contributed by atoms with Gasteiger partial charge in [-0.15, -0.1) is 0 Å². The van der Waals surface area contributed by atoms with Crippen LogP contribution in [-0.4, -0.2) is 31.6 Å². The fraction of sp³-hybridized carbons (Fsp3) is 0.545. The van der Waals surface area contributed by atoms with Crippen LogP contribution in [0.3, 0.4) is 0 Å². The number of anilines is 2. The van der Waals surface area contributed by atoms with Gasteiger partial charge < -0.3 is 15.4 Å². The quantitative estimate of drug-likeness (QED) is 0.834. The Morgan fingerprint density at radius 2 is 2.18 bits per heavy atom. The van der Waals surface area contributed by atoms with E-state index in [1.807, 2.05) is 6.92 Å². The lowest BCUT2D eigenvalue weighted by atomic mass is 10.3. The molecule has 0 aliphatic heterocycles. The Kier molecular flexibility index (Phi) is 4.93. The molecule has 0 bridgehead atoms. The van der Waals surface area contributed by atoms with Crippen LogP contribution in [0.25, 0.3) is 0 Å². The van der Waals surface area contributed by atoms with Crippen LogP contribution in [0.15, 0.2) is 12.1 Å². The summed E-state index contributed by atoms with van der Waals surface area (Å²) in [6, 6.07) is 3.20. The maximum absolute atomic E-state index is 12.2. The van der Waals surface area contributed by atoms with Crippen LogP contribution >= 0.6 is 0 Å². The molecule has 0 aliphatic carbocycles. The highest BCUT2D eigenvalue weighted by molar-refractivity contribution is 5.54. The molecule has 0 saturated carbocycles. The first-order valence-electron chi connectivity index (χ1n) is 5.43. The molecule has 4 nitrogen and oxygen atoms in total. The first kappa shape index (κ1) is 13.5. The first-order chi connectivity index (χ1) is 8.04. The number of ether oxygens (including phenoxy) is 1. The van der Waals surface area contributed by atoms with Crippen molar-refractivity contribution >= 4 is 11.5 Å². The van der Waals surface area contributed by atoms with Crippen LogP contribution in [0.2, 0.25) is 0 Å². The van der Waals surface area contributed by atoms with Crippen LogP contribution in [0, 0.1) is 0 Å². The average molecular weight is 245 g/mol. The molecule has 1 aromatic rings. The molecule has 0 spiro atoms. The number of halogens is 2. The molecule has 1 heterocycles. The number of nitrogen functional groups attached to an aromatic ring is 1. The van der Waals surface area contributed by atoms with E-state index < -0.39 is 6.43 Å². The highest BCUT2D eigenvalue weighted by Gasteiger charge is 2.11. The highest BCUT2D eigenvalue weighted by atomic mass is 19.3. The molecule has 6 heteroatoms. The first-order valence-corrected chi connectivity index (χ1v) is 5.43. The molecule has 0 radical (unpaired) electrons. The van der Waals surface area contributed by atoms with Crippen molar-refractivity contribution in [2.24, 2.45) is 0 Å². The summed E-state index contributed by atoms with van der Waals surface area (Å²) < 4.78 is 29.8. The van der Waals surface area contributed by atoms with Crippen molar-refractivity contribution in [3.8, 4) is 5.88 Å². The van der Waals surface area contributed by atoms with E-state index in [-0.39, 0.29) is 6.54 Å². The Labute approximate surface area is 99.4 Å². The second-order valence-electron chi connectivity index (χ2n) is 3.68. The number of hydrogen-bond donors (Lipinski definition) is 1. The Morgan fingerprint density at radius 3 is 2.76 bits per heavy atom. The number of rotatable bonds is 6. The molecule has 0 aliphatic rings. The summed E-state index contributed by atoms with van der Waals surface area (Å²) in [6.45, 7) is 2.09. The van der Waals surface area contributed by atoms with Crippen LogP contribution in [0.5, 0.6) is 5.88 Å². The summed E-state index contributed by atoms with van der Waals surface area (Å²) in [7, 11) is 1.55. The van der Waals surface area contributed by atoms with E-state index in [1.165, 1.54) is 4.90 Å². The molecular formula is C11H17F2N3O. The normalized spacial score (nSPS) is 10.6. The van der Waals surface area contributed by atoms with Crippen molar-refractivity contribution in [2.45, 2.75) is 19.8 Å². The highest BCUT2D eigenvalue weighted by Crippen LogP contribution is 2.23. The number of alkyl halides is 2. The standard InChI is InChI=1S/C11H17F2N3O/c1-3-6-17-11-8(14)4-5-10(15-11)16(2)7-9(12)13/h4-5,9H,3,6-7,14H2,1-2H3. The predicted molar refractivity (Wildman–Crippen MR) is 63.7 cm³/mol. The van der Waals surface area contributed by atoms with Crippen molar-refractivity contribution < 1.29 is 13.5 Å². The van der Waals surface area contributed by atoms with E-state index in [4.69, 9.17) is 10.5 Å². The summed E-state index contributed by atoms with van der Waals surface area (Å²) in [5.41, 5.74) is 6.09. The minimum atomic E-state index is -2.40. The molecule has 2 N–H and O–H groups in total. The van der Waals surface area contributed by atoms with Gasteiger partial charge in [0.25, 0.3) is 6.43 Å². The van der Waals surface area contributed by atoms with Gasteiger partial charge in [-0.3, -0.25) is 0 Å². The largest absolute Gasteiger partial charge is 0.476 e. The lowest BCUT2D eigenvalue weighted by molar-refractivity contribution is 0.156. The van der Waals surface area contributed by atoms with Crippen molar-refractivity contribution in [3.63, 3.8) is 0 Å². The van der Waals surface area contributed by atoms with Crippen LogP contribution < -0.4 is 15.4 Å². The molecule has 0 saturated heterocycles. The molecule has 0 aromatic carbocycles. The third-order valence-electron chi connectivity index (χ3n) is 2.12. The van der Waals surface area contributed by atoms with E-state index in [9.17, 15) is 8.78 Å². The van der Waals surface area contributed by atoms with Crippen LogP contribution in [0.4, 0.5) is 20.3 Å². The fourth-order valence-electron chi connectivity index (χ4n) is 1.27. The maximum atomic E-state index is 12.2. The van der Waals surface area contributed by atoms with E-state index in [0.29, 0.717) is 24.0 Å². The molecular weight excluding hydrogens is 228 g/mol. The van der Waals surface area contributed by atoms with Crippen LogP contribution in [0.1, 0.15) is 13.3 Å². The SMILES string of the molecule is CCCOc1nc(N(C)CC(F)F)ccc1N. The molecule has 0 atom stereocenters. The fourth-order valence-corrected chi connectivity index (χ4v) is 1.27. The Morgan fingerprint density at radius 1 is 1.47 bits per heavy atom. The van der Waals surface area contributed by atoms with Gasteiger partial charge >= 0.3 is 0 Å². The monoisotopic (exact) mass is 245 g/mol. The maximum Gasteiger partial charge on any atom is 0.255 e. The molecule has 0 unspecified atom stereocenters. The van der Waals surface area contributed by atoms with E-state index in [0.717, 1.165) is 6.42 Å². The number of aromatic nitrogens is 1. The lowest BCUT2D eigenvalue weighted by Gasteiger charge is -2.18. The van der Waals surface area contributed by atoms with E-state index in [1.54, 1.807) is 19.2 Å². The van der Waals surface area contributed by atoms with Gasteiger partial charge in [0.05, 0.1) is 18.8 Å². The van der Waals surface area contributed by atoms with E-state index in [2.05, 4.69) is 4.98 Å². The zero-order valence-corrected chi connectivity index (χ0v) is 9.99. The Hall–Kier alpha value is -1.59. The predicted octanol–water partition coefficient (Wildman–Crippen LogP) is 2.15. The zero-order valence-electron chi connectivity index (χ0n) is 9.99. The van der Waals surface area contributed by atoms with Gasteiger partial charge in [-0.1, -0.05) is 6.92 Å². The molecule has 1 aromatic heterocycles. The topological polar surface area (TPSA) is 51.4 Å². The summed E-state index contributed by atoms with van der Waals surface area (Å²) >= 11 is 0. The summed E-state index contributed by atoms with van der Waals surface area (Å²) in [5.74, 6) is 0.719. The zero-order chi connectivity index (χ0) is 12.8. The molecule has 0 amide bonds. The van der Waals surface area contributed by atoms with Crippen molar-refractivity contribution in [1.29, 1.82) is 0 Å². The molecule has 96 valence electrons. The second-order valence-corrected chi connectivity index (χ2v) is 3.68. The number of nitrogens with zero attached hydrogens (tertiary/aromatic N) is 2. The molecule has 1 rings (SSSR count). The number of nitrogens with two attached hydrogens (primary N) is 1. The van der Waals surface area contributed by atoms with Crippen LogP contribution in [-0.2, 0) is 0 Å². The van der Waals surface area contributed by atoms with Gasteiger partial charge in [0.2, 0.25) is 5.88 Å². The summed E-state index contributed by atoms with van der Waals surface area (Å²) in [4.78, 5) is 5.47. The minimum absolute atomic E-state index is 0.297. The van der Waals surface area contributed by atoms with Gasteiger partial charge in [-0.05, 0) is 18.6 Å². The number of pyridine rings is 1. The van der Waals surface area contributed by atoms with Gasteiger partial charge in [0.1, 0.15) is 5.82 Å². The summed E-state index contributed by atoms with van der Waals surface area (Å²) in [6.07, 6.45) is -1.57. The number of hydrogen-bond acceptors (Lipinski definition) is 4. The Bertz CT molecular complexity index is 361. The van der Waals surface area contributed by atoms with Crippen molar-refractivity contribution in [2.75, 3.05) is 30.8 Å². The van der Waals surface area contributed by atoms with Crippen molar-refractivity contribution in [3.05, 3.63) is 12.1 Å². The molecule has 0 fully saturated rings. The van der Waals surface area contributed by atoms with Gasteiger partial charge in [0, 0.05) is 7.05 Å². The summed E-state index contributed by atoms with van der Waals surface area (Å²) in [5, 5.41) is 0. The smallest absolute Gasteiger partial charge is 0.255 e. The second kappa shape index (κ2) is 6.22. The third kappa shape index (κ3) is 4.05. The van der Waals surface area contributed by atoms with E-state index >= 15 is 0 Å². The van der Waals surface area contributed by atoms with Gasteiger partial charge in [-0.25, -0.2) is 8.78 Å². The minimum Gasteiger partial charge on any atom is -0.476 e.